The van der Waals surface area contributed by atoms with Crippen LogP contribution in [0.5, 0.6) is 0 Å². The summed E-state index contributed by atoms with van der Waals surface area (Å²) < 4.78 is 5.52. The Hall–Kier alpha value is -2.17. The summed E-state index contributed by atoms with van der Waals surface area (Å²) in [5, 5.41) is 0. The lowest BCUT2D eigenvalue weighted by molar-refractivity contribution is -0.130. The van der Waals surface area contributed by atoms with Crippen LogP contribution >= 0.6 is 0 Å². The van der Waals surface area contributed by atoms with Crippen molar-refractivity contribution < 1.29 is 9.53 Å². The molecular weight excluding hydrogens is 288 g/mol. The van der Waals surface area contributed by atoms with Crippen LogP contribution in [0.4, 0.5) is 5.69 Å². The predicted molar refractivity (Wildman–Crippen MR) is 89.5 cm³/mol. The SMILES string of the molecule is CN1C(=O)[C@@](c2ccccc2)(N2CCOCC2)c2ccccc21. The summed E-state index contributed by atoms with van der Waals surface area (Å²) in [7, 11) is 1.87. The van der Waals surface area contributed by atoms with E-state index < -0.39 is 5.54 Å². The molecule has 4 rings (SSSR count). The fourth-order valence-electron chi connectivity index (χ4n) is 3.88. The molecule has 2 aromatic carbocycles. The van der Waals surface area contributed by atoms with Crippen molar-refractivity contribution in [2.24, 2.45) is 0 Å². The Morgan fingerprint density at radius 3 is 2.35 bits per heavy atom. The van der Waals surface area contributed by atoms with E-state index in [1.807, 2.05) is 43.4 Å². The second-order valence-electron chi connectivity index (χ2n) is 6.06. The molecule has 2 aromatic rings. The first kappa shape index (κ1) is 14.4. The number of anilines is 1. The largest absolute Gasteiger partial charge is 0.379 e. The smallest absolute Gasteiger partial charge is 0.256 e. The quantitative estimate of drug-likeness (QED) is 0.853. The highest BCUT2D eigenvalue weighted by molar-refractivity contribution is 6.09. The summed E-state index contributed by atoms with van der Waals surface area (Å²) in [5.41, 5.74) is 2.35. The number of ether oxygens (including phenoxy) is 1. The average Bonchev–Trinajstić information content (AvgIpc) is 2.86. The first-order valence-corrected chi connectivity index (χ1v) is 8.02. The summed E-state index contributed by atoms with van der Waals surface area (Å²) in [6, 6.07) is 18.2. The average molecular weight is 308 g/mol. The molecular formula is C19H20N2O2. The number of hydrogen-bond acceptors (Lipinski definition) is 3. The topological polar surface area (TPSA) is 32.8 Å². The molecule has 2 aliphatic heterocycles. The molecule has 0 N–H and O–H groups in total. The fraction of sp³-hybridized carbons (Fsp3) is 0.316. The van der Waals surface area contributed by atoms with Gasteiger partial charge >= 0.3 is 0 Å². The van der Waals surface area contributed by atoms with Gasteiger partial charge < -0.3 is 9.64 Å². The molecule has 0 saturated carbocycles. The number of para-hydroxylation sites is 1. The molecule has 1 atom stereocenters. The van der Waals surface area contributed by atoms with E-state index in [1.54, 1.807) is 4.90 Å². The number of amides is 1. The maximum atomic E-state index is 13.4. The molecule has 0 aromatic heterocycles. The van der Waals surface area contributed by atoms with Crippen molar-refractivity contribution in [3.8, 4) is 0 Å². The first-order valence-electron chi connectivity index (χ1n) is 8.02. The molecule has 0 bridgehead atoms. The Labute approximate surface area is 136 Å². The van der Waals surface area contributed by atoms with E-state index in [0.29, 0.717) is 13.2 Å². The third kappa shape index (κ3) is 1.95. The highest BCUT2D eigenvalue weighted by Crippen LogP contribution is 2.47. The summed E-state index contributed by atoms with van der Waals surface area (Å²) in [5.74, 6) is 0.117. The fourth-order valence-corrected chi connectivity index (χ4v) is 3.88. The predicted octanol–water partition coefficient (Wildman–Crippen LogP) is 2.24. The van der Waals surface area contributed by atoms with E-state index in [-0.39, 0.29) is 5.91 Å². The Morgan fingerprint density at radius 2 is 1.61 bits per heavy atom. The zero-order valence-corrected chi connectivity index (χ0v) is 13.2. The Bertz CT molecular complexity index is 725. The number of nitrogens with zero attached hydrogens (tertiary/aromatic N) is 2. The van der Waals surface area contributed by atoms with Crippen molar-refractivity contribution in [1.29, 1.82) is 0 Å². The lowest BCUT2D eigenvalue weighted by Gasteiger charge is -2.42. The van der Waals surface area contributed by atoms with Crippen molar-refractivity contribution in [1.82, 2.24) is 4.90 Å². The first-order chi connectivity index (χ1) is 11.3. The Morgan fingerprint density at radius 1 is 0.957 bits per heavy atom. The van der Waals surface area contributed by atoms with Gasteiger partial charge in [0.1, 0.15) is 0 Å². The van der Waals surface area contributed by atoms with Gasteiger partial charge in [-0.25, -0.2) is 0 Å². The van der Waals surface area contributed by atoms with Gasteiger partial charge in [0.05, 0.1) is 13.2 Å². The van der Waals surface area contributed by atoms with Gasteiger partial charge in [-0.15, -0.1) is 0 Å². The van der Waals surface area contributed by atoms with Gasteiger partial charge in [-0.3, -0.25) is 9.69 Å². The molecule has 2 heterocycles. The Balaban J connectivity index is 1.98. The minimum Gasteiger partial charge on any atom is -0.379 e. The second-order valence-corrected chi connectivity index (χ2v) is 6.06. The van der Waals surface area contributed by atoms with Crippen molar-refractivity contribution in [3.05, 3.63) is 65.7 Å². The monoisotopic (exact) mass is 308 g/mol. The highest BCUT2D eigenvalue weighted by Gasteiger charge is 2.54. The molecule has 4 nitrogen and oxygen atoms in total. The third-order valence-electron chi connectivity index (χ3n) is 4.95. The summed E-state index contributed by atoms with van der Waals surface area (Å²) in [6.45, 7) is 2.83. The van der Waals surface area contributed by atoms with Crippen LogP contribution in [0.2, 0.25) is 0 Å². The number of carbonyl (C=O) groups is 1. The lowest BCUT2D eigenvalue weighted by atomic mass is 9.81. The number of morpholine rings is 1. The van der Waals surface area contributed by atoms with E-state index in [4.69, 9.17) is 4.74 Å². The third-order valence-corrected chi connectivity index (χ3v) is 4.95. The van der Waals surface area contributed by atoms with E-state index in [9.17, 15) is 4.79 Å². The summed E-state index contributed by atoms with van der Waals surface area (Å²) in [6.07, 6.45) is 0. The molecule has 118 valence electrons. The lowest BCUT2D eigenvalue weighted by Crippen LogP contribution is -2.56. The van der Waals surface area contributed by atoms with Crippen molar-refractivity contribution in [3.63, 3.8) is 0 Å². The van der Waals surface area contributed by atoms with Gasteiger partial charge in [-0.1, -0.05) is 48.5 Å². The van der Waals surface area contributed by atoms with Crippen LogP contribution in [0.15, 0.2) is 54.6 Å². The molecule has 1 saturated heterocycles. The van der Waals surface area contributed by atoms with E-state index in [0.717, 1.165) is 29.9 Å². The molecule has 0 spiro atoms. The number of likely N-dealkylation sites (N-methyl/N-ethyl adjacent to an activating group) is 1. The van der Waals surface area contributed by atoms with Crippen LogP contribution in [0, 0.1) is 0 Å². The summed E-state index contributed by atoms with van der Waals surface area (Å²) in [4.78, 5) is 17.5. The molecule has 0 unspecified atom stereocenters. The number of hydrogen-bond donors (Lipinski definition) is 0. The highest BCUT2D eigenvalue weighted by atomic mass is 16.5. The normalized spacial score (nSPS) is 24.7. The molecule has 1 amide bonds. The van der Waals surface area contributed by atoms with Gasteiger partial charge in [0, 0.05) is 31.4 Å². The molecule has 23 heavy (non-hydrogen) atoms. The van der Waals surface area contributed by atoms with Crippen LogP contribution in [-0.2, 0) is 15.1 Å². The molecule has 1 fully saturated rings. The zero-order chi connectivity index (χ0) is 15.9. The van der Waals surface area contributed by atoms with Crippen LogP contribution < -0.4 is 4.90 Å². The van der Waals surface area contributed by atoms with Gasteiger partial charge in [-0.2, -0.15) is 0 Å². The van der Waals surface area contributed by atoms with Gasteiger partial charge in [0.25, 0.3) is 5.91 Å². The van der Waals surface area contributed by atoms with E-state index in [2.05, 4.69) is 23.1 Å². The van der Waals surface area contributed by atoms with Crippen molar-refractivity contribution in [2.75, 3.05) is 38.3 Å². The second kappa shape index (κ2) is 5.48. The summed E-state index contributed by atoms with van der Waals surface area (Å²) >= 11 is 0. The molecule has 0 aliphatic carbocycles. The van der Waals surface area contributed by atoms with Crippen LogP contribution in [0.3, 0.4) is 0 Å². The van der Waals surface area contributed by atoms with Crippen LogP contribution in [0.25, 0.3) is 0 Å². The van der Waals surface area contributed by atoms with Gasteiger partial charge in [0.2, 0.25) is 0 Å². The number of benzene rings is 2. The van der Waals surface area contributed by atoms with E-state index in [1.165, 1.54) is 0 Å². The van der Waals surface area contributed by atoms with Crippen molar-refractivity contribution in [2.45, 2.75) is 5.54 Å². The maximum absolute atomic E-state index is 13.4. The minimum absolute atomic E-state index is 0.117. The molecule has 2 aliphatic rings. The van der Waals surface area contributed by atoms with Crippen LogP contribution in [-0.4, -0.2) is 44.2 Å². The number of fused-ring (bicyclic) bond motifs is 1. The minimum atomic E-state index is -0.740. The van der Waals surface area contributed by atoms with Gasteiger partial charge in [-0.05, 0) is 11.6 Å². The molecule has 0 radical (unpaired) electrons. The Kier molecular flexibility index (Phi) is 3.43. The number of rotatable bonds is 2. The van der Waals surface area contributed by atoms with Crippen LogP contribution in [0.1, 0.15) is 11.1 Å². The van der Waals surface area contributed by atoms with Crippen molar-refractivity contribution >= 4 is 11.6 Å². The zero-order valence-electron chi connectivity index (χ0n) is 13.2. The molecule has 4 heteroatoms. The number of carbonyl (C=O) groups excluding carboxylic acids is 1. The van der Waals surface area contributed by atoms with E-state index >= 15 is 0 Å². The van der Waals surface area contributed by atoms with Gasteiger partial charge in [0.15, 0.2) is 5.54 Å². The standard InChI is InChI=1S/C19H20N2O2/c1-20-17-10-6-5-9-16(17)19(18(20)22,15-7-3-2-4-8-15)21-11-13-23-14-12-21/h2-10H,11-14H2,1H3/t19-/m0/s1. The maximum Gasteiger partial charge on any atom is 0.256 e.